The van der Waals surface area contributed by atoms with Crippen LogP contribution in [0.4, 0.5) is 4.39 Å². The van der Waals surface area contributed by atoms with Gasteiger partial charge in [0.25, 0.3) is 0 Å². The Morgan fingerprint density at radius 1 is 1.25 bits per heavy atom. The van der Waals surface area contributed by atoms with Crippen molar-refractivity contribution in [3.8, 4) is 6.07 Å². The maximum atomic E-state index is 13.1. The highest BCUT2D eigenvalue weighted by atomic mass is 32.2. The number of thioether (sulfide) groups is 1. The average molecular weight is 283 g/mol. The number of nitrogens with one attached hydrogen (secondary N) is 1. The molecule has 1 heterocycles. The molecule has 3 rings (SSSR count). The van der Waals surface area contributed by atoms with Crippen molar-refractivity contribution in [2.45, 2.75) is 10.9 Å². The van der Waals surface area contributed by atoms with Crippen LogP contribution in [0.1, 0.15) is 11.1 Å². The number of fused-ring (bicyclic) bond motifs is 1. The van der Waals surface area contributed by atoms with Gasteiger partial charge in [0, 0.05) is 5.75 Å². The van der Waals surface area contributed by atoms with Gasteiger partial charge in [-0.2, -0.15) is 5.26 Å². The molecular weight excluding hydrogens is 273 g/mol. The van der Waals surface area contributed by atoms with Crippen molar-refractivity contribution in [2.24, 2.45) is 0 Å². The zero-order valence-electron chi connectivity index (χ0n) is 10.4. The van der Waals surface area contributed by atoms with Crippen molar-refractivity contribution in [3.05, 3.63) is 59.4 Å². The van der Waals surface area contributed by atoms with Crippen LogP contribution >= 0.6 is 11.8 Å². The second kappa shape index (κ2) is 5.35. The SMILES string of the molecule is N#Cc1ccccc1CSc1nc2ccc(F)cc2[nH]1. The van der Waals surface area contributed by atoms with Crippen LogP contribution in [0.5, 0.6) is 0 Å². The number of H-pyrrole nitrogens is 1. The first-order valence-electron chi connectivity index (χ1n) is 6.02. The Morgan fingerprint density at radius 2 is 2.10 bits per heavy atom. The van der Waals surface area contributed by atoms with Crippen LogP contribution in [0.2, 0.25) is 0 Å². The standard InChI is InChI=1S/C15H10FN3S/c16-12-5-6-13-14(7-12)19-15(18-13)20-9-11-4-2-1-3-10(11)8-17/h1-7H,9H2,(H,18,19). The fourth-order valence-electron chi connectivity index (χ4n) is 1.93. The number of hydrogen-bond acceptors (Lipinski definition) is 3. The molecule has 0 aliphatic heterocycles. The van der Waals surface area contributed by atoms with Crippen molar-refractivity contribution in [1.82, 2.24) is 9.97 Å². The third kappa shape index (κ3) is 2.51. The summed E-state index contributed by atoms with van der Waals surface area (Å²) in [6, 6.07) is 14.1. The molecule has 0 bridgehead atoms. The molecule has 0 spiro atoms. The minimum atomic E-state index is -0.285. The molecule has 0 unspecified atom stereocenters. The number of benzene rings is 2. The summed E-state index contributed by atoms with van der Waals surface area (Å²) in [6.07, 6.45) is 0. The summed E-state index contributed by atoms with van der Waals surface area (Å²) in [7, 11) is 0. The molecule has 0 saturated carbocycles. The molecule has 0 aliphatic carbocycles. The van der Waals surface area contributed by atoms with Crippen LogP contribution in [0.15, 0.2) is 47.6 Å². The number of rotatable bonds is 3. The molecule has 1 N–H and O–H groups in total. The van der Waals surface area contributed by atoms with Crippen LogP contribution in [-0.2, 0) is 5.75 Å². The maximum Gasteiger partial charge on any atom is 0.166 e. The summed E-state index contributed by atoms with van der Waals surface area (Å²) in [6.45, 7) is 0. The Morgan fingerprint density at radius 3 is 2.95 bits per heavy atom. The normalized spacial score (nSPS) is 10.6. The highest BCUT2D eigenvalue weighted by Crippen LogP contribution is 2.24. The van der Waals surface area contributed by atoms with Gasteiger partial charge in [-0.25, -0.2) is 9.37 Å². The largest absolute Gasteiger partial charge is 0.333 e. The van der Waals surface area contributed by atoms with Crippen LogP contribution in [0.25, 0.3) is 11.0 Å². The third-order valence-corrected chi connectivity index (χ3v) is 3.85. The fraction of sp³-hybridized carbons (Fsp3) is 0.0667. The summed E-state index contributed by atoms with van der Waals surface area (Å²) in [4.78, 5) is 7.46. The first kappa shape index (κ1) is 12.7. The van der Waals surface area contributed by atoms with Gasteiger partial charge in [-0.1, -0.05) is 30.0 Å². The highest BCUT2D eigenvalue weighted by molar-refractivity contribution is 7.98. The first-order valence-corrected chi connectivity index (χ1v) is 7.01. The Bertz CT molecular complexity index is 804. The lowest BCUT2D eigenvalue weighted by Gasteiger charge is -2.01. The van der Waals surface area contributed by atoms with E-state index in [1.54, 1.807) is 12.1 Å². The highest BCUT2D eigenvalue weighted by Gasteiger charge is 2.06. The van der Waals surface area contributed by atoms with Crippen molar-refractivity contribution in [1.29, 1.82) is 5.26 Å². The van der Waals surface area contributed by atoms with Crippen molar-refractivity contribution in [2.75, 3.05) is 0 Å². The first-order chi connectivity index (χ1) is 9.76. The summed E-state index contributed by atoms with van der Waals surface area (Å²) in [5, 5.41) is 9.76. The van der Waals surface area contributed by atoms with Crippen molar-refractivity contribution >= 4 is 22.8 Å². The lowest BCUT2D eigenvalue weighted by Crippen LogP contribution is -1.87. The number of hydrogen-bond donors (Lipinski definition) is 1. The van der Waals surface area contributed by atoms with Gasteiger partial charge in [0.05, 0.1) is 22.7 Å². The fourth-order valence-corrected chi connectivity index (χ4v) is 2.82. The van der Waals surface area contributed by atoms with Crippen molar-refractivity contribution < 1.29 is 4.39 Å². The molecular formula is C15H10FN3S. The van der Waals surface area contributed by atoms with Crippen LogP contribution in [0, 0.1) is 17.1 Å². The Hall–Kier alpha value is -2.32. The van der Waals surface area contributed by atoms with Gasteiger partial charge in [0.2, 0.25) is 0 Å². The van der Waals surface area contributed by atoms with E-state index in [2.05, 4.69) is 16.0 Å². The van der Waals surface area contributed by atoms with E-state index in [1.165, 1.54) is 23.9 Å². The van der Waals surface area contributed by atoms with Gasteiger partial charge in [-0.3, -0.25) is 0 Å². The van der Waals surface area contributed by atoms with E-state index < -0.39 is 0 Å². The molecule has 5 heteroatoms. The molecule has 0 amide bonds. The third-order valence-electron chi connectivity index (χ3n) is 2.92. The second-order valence-electron chi connectivity index (χ2n) is 4.26. The van der Waals surface area contributed by atoms with E-state index >= 15 is 0 Å². The van der Waals surface area contributed by atoms with Gasteiger partial charge >= 0.3 is 0 Å². The molecule has 3 aromatic rings. The number of aromatic nitrogens is 2. The molecule has 0 aliphatic rings. The van der Waals surface area contributed by atoms with E-state index in [-0.39, 0.29) is 5.82 Å². The molecule has 0 atom stereocenters. The molecule has 1 aromatic heterocycles. The summed E-state index contributed by atoms with van der Waals surface area (Å²) in [5.74, 6) is 0.360. The number of aromatic amines is 1. The molecule has 98 valence electrons. The van der Waals surface area contributed by atoms with Gasteiger partial charge < -0.3 is 4.98 Å². The molecule has 3 nitrogen and oxygen atoms in total. The van der Waals surface area contributed by atoms with Gasteiger partial charge in [0.15, 0.2) is 5.16 Å². The Kier molecular flexibility index (Phi) is 3.40. The average Bonchev–Trinajstić information content (AvgIpc) is 2.87. The van der Waals surface area contributed by atoms with E-state index in [0.29, 0.717) is 16.8 Å². The minimum absolute atomic E-state index is 0.285. The molecule has 20 heavy (non-hydrogen) atoms. The summed E-state index contributed by atoms with van der Waals surface area (Å²) < 4.78 is 13.1. The monoisotopic (exact) mass is 283 g/mol. The van der Waals surface area contributed by atoms with Gasteiger partial charge in [-0.05, 0) is 29.8 Å². The predicted octanol–water partition coefficient (Wildman–Crippen LogP) is 3.87. The summed E-state index contributed by atoms with van der Waals surface area (Å²) in [5.41, 5.74) is 3.05. The zero-order valence-corrected chi connectivity index (χ0v) is 11.2. The smallest absolute Gasteiger partial charge is 0.166 e. The van der Waals surface area contributed by atoms with Crippen LogP contribution < -0.4 is 0 Å². The van der Waals surface area contributed by atoms with E-state index in [1.807, 2.05) is 18.2 Å². The predicted molar refractivity (Wildman–Crippen MR) is 76.8 cm³/mol. The number of halogens is 1. The van der Waals surface area contributed by atoms with Gasteiger partial charge in [-0.15, -0.1) is 0 Å². The Balaban J connectivity index is 1.82. The Labute approximate surface area is 119 Å². The van der Waals surface area contributed by atoms with Crippen LogP contribution in [-0.4, -0.2) is 9.97 Å². The zero-order chi connectivity index (χ0) is 13.9. The molecule has 2 aromatic carbocycles. The summed E-state index contributed by atoms with van der Waals surface area (Å²) >= 11 is 1.49. The second-order valence-corrected chi connectivity index (χ2v) is 5.23. The topological polar surface area (TPSA) is 52.5 Å². The van der Waals surface area contributed by atoms with Crippen LogP contribution in [0.3, 0.4) is 0 Å². The quantitative estimate of drug-likeness (QED) is 0.742. The lowest BCUT2D eigenvalue weighted by atomic mass is 10.1. The number of nitrogens with zero attached hydrogens (tertiary/aromatic N) is 2. The molecule has 0 radical (unpaired) electrons. The van der Waals surface area contributed by atoms with Gasteiger partial charge in [0.1, 0.15) is 5.82 Å². The molecule has 0 saturated heterocycles. The maximum absolute atomic E-state index is 13.1. The number of nitriles is 1. The number of imidazole rings is 1. The minimum Gasteiger partial charge on any atom is -0.333 e. The van der Waals surface area contributed by atoms with E-state index in [4.69, 9.17) is 5.26 Å². The lowest BCUT2D eigenvalue weighted by molar-refractivity contribution is 0.629. The molecule has 0 fully saturated rings. The van der Waals surface area contributed by atoms with E-state index in [0.717, 1.165) is 16.2 Å². The van der Waals surface area contributed by atoms with Crippen molar-refractivity contribution in [3.63, 3.8) is 0 Å². The van der Waals surface area contributed by atoms with E-state index in [9.17, 15) is 4.39 Å².